The SMILES string of the molecule is CCCCCCCCSCCCCCCCC(C(O)CP(=O)(O)OCCC)C1CCCCCC1. The molecule has 0 aromatic heterocycles. The third-order valence-corrected chi connectivity index (χ3v) is 9.96. The molecule has 1 aliphatic carbocycles. The van der Waals surface area contributed by atoms with Crippen molar-refractivity contribution in [3.8, 4) is 0 Å². The van der Waals surface area contributed by atoms with Gasteiger partial charge in [-0.2, -0.15) is 11.8 Å². The molecule has 34 heavy (non-hydrogen) atoms. The molecule has 204 valence electrons. The number of rotatable bonds is 22. The Balaban J connectivity index is 2.25. The van der Waals surface area contributed by atoms with Crippen LogP contribution in [0.5, 0.6) is 0 Å². The van der Waals surface area contributed by atoms with E-state index in [2.05, 4.69) is 18.7 Å². The number of aliphatic hydroxyl groups excluding tert-OH is 1. The fourth-order valence-corrected chi connectivity index (χ4v) is 7.68. The third kappa shape index (κ3) is 17.0. The molecule has 1 rings (SSSR count). The molecule has 3 unspecified atom stereocenters. The average molecular weight is 521 g/mol. The van der Waals surface area contributed by atoms with Crippen LogP contribution in [0, 0.1) is 11.8 Å². The Kier molecular flexibility index (Phi) is 20.6. The highest BCUT2D eigenvalue weighted by atomic mass is 32.2. The monoisotopic (exact) mass is 520 g/mol. The van der Waals surface area contributed by atoms with Crippen molar-refractivity contribution in [1.82, 2.24) is 0 Å². The summed E-state index contributed by atoms with van der Waals surface area (Å²) in [6.45, 7) is 4.49. The van der Waals surface area contributed by atoms with Crippen molar-refractivity contribution in [2.45, 2.75) is 142 Å². The van der Waals surface area contributed by atoms with E-state index in [1.165, 1.54) is 101 Å². The molecule has 0 aliphatic heterocycles. The van der Waals surface area contributed by atoms with Gasteiger partial charge in [-0.15, -0.1) is 0 Å². The van der Waals surface area contributed by atoms with Gasteiger partial charge < -0.3 is 14.5 Å². The zero-order chi connectivity index (χ0) is 24.9. The number of aliphatic hydroxyl groups is 1. The fourth-order valence-electron chi connectivity index (χ4n) is 5.34. The summed E-state index contributed by atoms with van der Waals surface area (Å²) in [6.07, 6.45) is 22.7. The highest BCUT2D eigenvalue weighted by Gasteiger charge is 2.33. The lowest BCUT2D eigenvalue weighted by Crippen LogP contribution is -2.31. The smallest absolute Gasteiger partial charge is 0.330 e. The zero-order valence-electron chi connectivity index (χ0n) is 22.6. The van der Waals surface area contributed by atoms with Crippen molar-refractivity contribution in [2.75, 3.05) is 24.3 Å². The first-order chi connectivity index (χ1) is 16.5. The second-order valence-corrected chi connectivity index (χ2v) is 13.7. The molecule has 1 aliphatic rings. The highest BCUT2D eigenvalue weighted by molar-refractivity contribution is 7.99. The van der Waals surface area contributed by atoms with Gasteiger partial charge in [0, 0.05) is 0 Å². The normalized spacial score (nSPS) is 18.9. The van der Waals surface area contributed by atoms with Gasteiger partial charge in [-0.1, -0.05) is 110 Å². The molecule has 0 bridgehead atoms. The van der Waals surface area contributed by atoms with Gasteiger partial charge in [0.1, 0.15) is 0 Å². The summed E-state index contributed by atoms with van der Waals surface area (Å²) in [7, 11) is -3.71. The van der Waals surface area contributed by atoms with Crippen LogP contribution in [0.25, 0.3) is 0 Å². The predicted molar refractivity (Wildman–Crippen MR) is 150 cm³/mol. The molecule has 3 atom stereocenters. The van der Waals surface area contributed by atoms with Gasteiger partial charge in [0.25, 0.3) is 0 Å². The summed E-state index contributed by atoms with van der Waals surface area (Å²) in [6, 6.07) is 0. The summed E-state index contributed by atoms with van der Waals surface area (Å²) >= 11 is 2.13. The first kappa shape index (κ1) is 32.5. The van der Waals surface area contributed by atoms with Gasteiger partial charge >= 0.3 is 7.60 Å². The highest BCUT2D eigenvalue weighted by Crippen LogP contribution is 2.45. The van der Waals surface area contributed by atoms with Crippen LogP contribution >= 0.6 is 19.4 Å². The molecule has 1 fully saturated rings. The van der Waals surface area contributed by atoms with Crippen molar-refractivity contribution in [3.63, 3.8) is 0 Å². The first-order valence-electron chi connectivity index (χ1n) is 14.7. The van der Waals surface area contributed by atoms with Gasteiger partial charge in [0.05, 0.1) is 18.9 Å². The standard InChI is InChI=1S/C28H57O4PS/c1-3-5-6-7-12-17-23-34-24-18-13-8-9-16-21-27(26-19-14-10-11-15-20-26)28(29)25-33(30,31)32-22-4-2/h26-29H,3-25H2,1-2H3,(H,30,31). The molecular formula is C28H57O4PS. The van der Waals surface area contributed by atoms with E-state index in [4.69, 9.17) is 4.52 Å². The van der Waals surface area contributed by atoms with Gasteiger partial charge in [-0.05, 0) is 49.0 Å². The van der Waals surface area contributed by atoms with Crippen LogP contribution in [0.1, 0.15) is 136 Å². The van der Waals surface area contributed by atoms with E-state index in [0.29, 0.717) is 12.3 Å². The van der Waals surface area contributed by atoms with Crippen molar-refractivity contribution in [3.05, 3.63) is 0 Å². The van der Waals surface area contributed by atoms with Gasteiger partial charge in [-0.3, -0.25) is 4.57 Å². The molecule has 0 aromatic carbocycles. The van der Waals surface area contributed by atoms with Crippen LogP contribution in [-0.2, 0) is 9.09 Å². The van der Waals surface area contributed by atoms with E-state index in [0.717, 1.165) is 25.7 Å². The van der Waals surface area contributed by atoms with E-state index in [1.54, 1.807) is 0 Å². The number of hydrogen-bond donors (Lipinski definition) is 2. The quantitative estimate of drug-likeness (QED) is 0.0847. The Hall–Kier alpha value is 0.460. The topological polar surface area (TPSA) is 66.8 Å². The fraction of sp³-hybridized carbons (Fsp3) is 1.00. The van der Waals surface area contributed by atoms with Crippen molar-refractivity contribution in [2.24, 2.45) is 11.8 Å². The molecule has 0 heterocycles. The zero-order valence-corrected chi connectivity index (χ0v) is 24.3. The Morgan fingerprint density at radius 1 is 0.824 bits per heavy atom. The van der Waals surface area contributed by atoms with E-state index in [9.17, 15) is 14.6 Å². The predicted octanol–water partition coefficient (Wildman–Crippen LogP) is 8.98. The Bertz CT molecular complexity index is 497. The van der Waals surface area contributed by atoms with Crippen LogP contribution in [0.2, 0.25) is 0 Å². The summed E-state index contributed by atoms with van der Waals surface area (Å²) in [5, 5.41) is 11.0. The second-order valence-electron chi connectivity index (χ2n) is 10.6. The first-order valence-corrected chi connectivity index (χ1v) is 17.6. The van der Waals surface area contributed by atoms with Crippen LogP contribution in [0.15, 0.2) is 0 Å². The number of thioether (sulfide) groups is 1. The average Bonchev–Trinajstić information content (AvgIpc) is 3.09. The lowest BCUT2D eigenvalue weighted by Gasteiger charge is -2.31. The summed E-state index contributed by atoms with van der Waals surface area (Å²) in [4.78, 5) is 10.2. The Morgan fingerprint density at radius 2 is 1.38 bits per heavy atom. The third-order valence-electron chi connectivity index (χ3n) is 7.38. The molecule has 0 radical (unpaired) electrons. The van der Waals surface area contributed by atoms with Gasteiger partial charge in [0.2, 0.25) is 0 Å². The van der Waals surface area contributed by atoms with Crippen LogP contribution in [-0.4, -0.2) is 40.4 Å². The molecule has 0 aromatic rings. The number of unbranched alkanes of at least 4 members (excludes halogenated alkanes) is 9. The molecule has 0 spiro atoms. The Morgan fingerprint density at radius 3 is 1.97 bits per heavy atom. The lowest BCUT2D eigenvalue weighted by atomic mass is 9.79. The van der Waals surface area contributed by atoms with Crippen LogP contribution in [0.4, 0.5) is 0 Å². The summed E-state index contributed by atoms with van der Waals surface area (Å²) in [5.41, 5.74) is 0. The van der Waals surface area contributed by atoms with E-state index >= 15 is 0 Å². The molecular weight excluding hydrogens is 463 g/mol. The molecule has 1 saturated carbocycles. The van der Waals surface area contributed by atoms with Crippen LogP contribution in [0.3, 0.4) is 0 Å². The lowest BCUT2D eigenvalue weighted by molar-refractivity contribution is 0.0703. The minimum absolute atomic E-state index is 0.107. The van der Waals surface area contributed by atoms with Crippen molar-refractivity contribution >= 4 is 19.4 Å². The maximum Gasteiger partial charge on any atom is 0.330 e. The molecule has 6 heteroatoms. The van der Waals surface area contributed by atoms with Crippen molar-refractivity contribution < 1.29 is 19.1 Å². The minimum Gasteiger partial charge on any atom is -0.392 e. The Labute approximate surface area is 216 Å². The second kappa shape index (κ2) is 21.5. The maximum atomic E-state index is 12.4. The minimum atomic E-state index is -3.71. The molecule has 0 amide bonds. The molecule has 0 saturated heterocycles. The van der Waals surface area contributed by atoms with E-state index in [1.807, 2.05) is 6.92 Å². The van der Waals surface area contributed by atoms with E-state index in [-0.39, 0.29) is 18.7 Å². The number of hydrogen-bond acceptors (Lipinski definition) is 4. The summed E-state index contributed by atoms with van der Waals surface area (Å²) < 4.78 is 17.6. The molecule has 4 nitrogen and oxygen atoms in total. The maximum absolute atomic E-state index is 12.4. The van der Waals surface area contributed by atoms with Gasteiger partial charge in [-0.25, -0.2) is 0 Å². The van der Waals surface area contributed by atoms with Gasteiger partial charge in [0.15, 0.2) is 0 Å². The van der Waals surface area contributed by atoms with Crippen molar-refractivity contribution in [1.29, 1.82) is 0 Å². The van der Waals surface area contributed by atoms with Crippen LogP contribution < -0.4 is 0 Å². The molecule has 2 N–H and O–H groups in total. The largest absolute Gasteiger partial charge is 0.392 e. The summed E-state index contributed by atoms with van der Waals surface area (Å²) in [5.74, 6) is 3.24. The van der Waals surface area contributed by atoms with E-state index < -0.39 is 13.7 Å².